The molecule has 4 N–H and O–H groups in total. The summed E-state index contributed by atoms with van der Waals surface area (Å²) in [5.41, 5.74) is 14.6. The largest absolute Gasteiger partial charge is 0.393 e. The van der Waals surface area contributed by atoms with Crippen molar-refractivity contribution in [3.8, 4) is 0 Å². The molecule has 4 rings (SSSR count). The van der Waals surface area contributed by atoms with Gasteiger partial charge in [-0.05, 0) is 30.2 Å². The average molecular weight is 347 g/mol. The van der Waals surface area contributed by atoms with Crippen LogP contribution in [0, 0.1) is 0 Å². The van der Waals surface area contributed by atoms with E-state index in [0.717, 1.165) is 18.7 Å². The Bertz CT molecular complexity index is 945. The van der Waals surface area contributed by atoms with E-state index in [0.29, 0.717) is 23.0 Å². The van der Waals surface area contributed by atoms with Crippen LogP contribution in [0.15, 0.2) is 55.0 Å². The molecule has 0 saturated heterocycles. The Balaban J connectivity index is 1.55. The summed E-state index contributed by atoms with van der Waals surface area (Å²) in [5, 5.41) is 0. The number of carbonyl (C=O) groups is 1. The van der Waals surface area contributed by atoms with Crippen molar-refractivity contribution >= 4 is 28.9 Å². The van der Waals surface area contributed by atoms with E-state index in [9.17, 15) is 4.79 Å². The van der Waals surface area contributed by atoms with E-state index in [4.69, 9.17) is 5.73 Å². The summed E-state index contributed by atoms with van der Waals surface area (Å²) in [7, 11) is 0. The summed E-state index contributed by atoms with van der Waals surface area (Å²) in [6.45, 7) is 0.792. The number of anilines is 4. The maximum Gasteiger partial charge on any atom is 0.288 e. The van der Waals surface area contributed by atoms with Gasteiger partial charge in [0.15, 0.2) is 11.6 Å². The number of pyridine rings is 1. The highest BCUT2D eigenvalue weighted by Crippen LogP contribution is 2.37. The van der Waals surface area contributed by atoms with Crippen LogP contribution >= 0.6 is 0 Å². The monoisotopic (exact) mass is 347 g/mol. The molecule has 130 valence electrons. The highest BCUT2D eigenvalue weighted by Gasteiger charge is 2.24. The second-order valence-electron chi connectivity index (χ2n) is 5.78. The second kappa shape index (κ2) is 6.67. The summed E-state index contributed by atoms with van der Waals surface area (Å²) in [6, 6.07) is 13.2. The Morgan fingerprint density at radius 3 is 2.77 bits per heavy atom. The summed E-state index contributed by atoms with van der Waals surface area (Å²) < 4.78 is 0. The molecule has 2 aromatic heterocycles. The molecule has 1 aliphatic rings. The van der Waals surface area contributed by atoms with Crippen LogP contribution in [-0.4, -0.2) is 27.4 Å². The zero-order valence-electron chi connectivity index (χ0n) is 13.9. The van der Waals surface area contributed by atoms with Gasteiger partial charge in [0.25, 0.3) is 5.91 Å². The number of para-hydroxylation sites is 1. The van der Waals surface area contributed by atoms with Gasteiger partial charge in [0, 0.05) is 18.4 Å². The number of carbonyl (C=O) groups excluding carboxylic acids is 1. The maximum atomic E-state index is 12.1. The van der Waals surface area contributed by atoms with E-state index in [2.05, 4.69) is 36.8 Å². The third-order valence-corrected chi connectivity index (χ3v) is 4.20. The van der Waals surface area contributed by atoms with Crippen LogP contribution in [0.2, 0.25) is 0 Å². The first kappa shape index (κ1) is 15.8. The molecule has 0 bridgehead atoms. The number of aromatic nitrogens is 3. The standard InChI is InChI=1S/C18H17N7O/c19-15-16(23-24-18(26)13-6-3-4-9-20-13)21-11-22-17(15)25-10-8-12-5-1-2-7-14(12)25/h1-7,9,11H,8,10,19H2,(H,24,26)(H,21,22,23). The molecule has 0 aliphatic carbocycles. The zero-order chi connectivity index (χ0) is 17.9. The number of fused-ring (bicyclic) bond motifs is 1. The van der Waals surface area contributed by atoms with Gasteiger partial charge in [-0.2, -0.15) is 0 Å². The summed E-state index contributed by atoms with van der Waals surface area (Å²) in [6.07, 6.45) is 3.90. The fourth-order valence-corrected chi connectivity index (χ4v) is 2.94. The third kappa shape index (κ3) is 2.88. The topological polar surface area (TPSA) is 109 Å². The lowest BCUT2D eigenvalue weighted by molar-refractivity contribution is 0.0957. The van der Waals surface area contributed by atoms with E-state index in [1.807, 2.05) is 18.2 Å². The fourth-order valence-electron chi connectivity index (χ4n) is 2.94. The molecular formula is C18H17N7O. The first-order valence-corrected chi connectivity index (χ1v) is 8.17. The molecule has 0 saturated carbocycles. The number of nitrogens with two attached hydrogens (primary N) is 1. The first-order valence-electron chi connectivity index (χ1n) is 8.17. The lowest BCUT2D eigenvalue weighted by Crippen LogP contribution is -2.31. The SMILES string of the molecule is Nc1c(NNC(=O)c2ccccn2)ncnc1N1CCc2ccccc21. The smallest absolute Gasteiger partial charge is 0.288 e. The molecule has 0 fully saturated rings. The maximum absolute atomic E-state index is 12.1. The minimum absolute atomic E-state index is 0.293. The van der Waals surface area contributed by atoms with Crippen molar-refractivity contribution in [1.29, 1.82) is 0 Å². The van der Waals surface area contributed by atoms with E-state index < -0.39 is 0 Å². The van der Waals surface area contributed by atoms with Crippen LogP contribution in [0.4, 0.5) is 23.0 Å². The molecule has 8 nitrogen and oxygen atoms in total. The van der Waals surface area contributed by atoms with Crippen LogP contribution in [0.1, 0.15) is 16.1 Å². The van der Waals surface area contributed by atoms with E-state index in [1.54, 1.807) is 24.4 Å². The van der Waals surface area contributed by atoms with Crippen molar-refractivity contribution in [2.45, 2.75) is 6.42 Å². The Morgan fingerprint density at radius 1 is 1.08 bits per heavy atom. The number of amides is 1. The molecule has 3 aromatic rings. The minimum Gasteiger partial charge on any atom is -0.393 e. The number of nitrogens with zero attached hydrogens (tertiary/aromatic N) is 4. The Hall–Kier alpha value is -3.68. The molecule has 8 heteroatoms. The van der Waals surface area contributed by atoms with Gasteiger partial charge in [-0.25, -0.2) is 9.97 Å². The number of hydrazine groups is 1. The van der Waals surface area contributed by atoms with E-state index in [-0.39, 0.29) is 5.91 Å². The molecular weight excluding hydrogens is 330 g/mol. The van der Waals surface area contributed by atoms with E-state index in [1.165, 1.54) is 11.9 Å². The fraction of sp³-hybridized carbons (Fsp3) is 0.111. The van der Waals surface area contributed by atoms with Gasteiger partial charge in [0.1, 0.15) is 17.7 Å². The van der Waals surface area contributed by atoms with Gasteiger partial charge >= 0.3 is 0 Å². The molecule has 0 radical (unpaired) electrons. The summed E-state index contributed by atoms with van der Waals surface area (Å²) >= 11 is 0. The van der Waals surface area contributed by atoms with Gasteiger partial charge in [0.05, 0.1) is 0 Å². The number of nitrogen functional groups attached to an aromatic ring is 1. The summed E-state index contributed by atoms with van der Waals surface area (Å²) in [4.78, 5) is 26.6. The average Bonchev–Trinajstić information content (AvgIpc) is 3.11. The predicted octanol–water partition coefficient (Wildman–Crippen LogP) is 1.90. The normalized spacial score (nSPS) is 12.5. The number of hydrogen-bond donors (Lipinski definition) is 3. The van der Waals surface area contributed by atoms with Crippen molar-refractivity contribution < 1.29 is 4.79 Å². The quantitative estimate of drug-likeness (QED) is 0.618. The highest BCUT2D eigenvalue weighted by atomic mass is 16.2. The molecule has 1 aliphatic heterocycles. The molecule has 3 heterocycles. The Kier molecular flexibility index (Phi) is 4.06. The lowest BCUT2D eigenvalue weighted by Gasteiger charge is -2.21. The molecule has 1 amide bonds. The number of nitrogens with one attached hydrogen (secondary N) is 2. The summed E-state index contributed by atoms with van der Waals surface area (Å²) in [5.74, 6) is 0.569. The van der Waals surface area contributed by atoms with Crippen molar-refractivity contribution in [3.63, 3.8) is 0 Å². The first-order chi connectivity index (χ1) is 12.7. The van der Waals surface area contributed by atoms with Gasteiger partial charge in [-0.3, -0.25) is 20.6 Å². The van der Waals surface area contributed by atoms with Crippen LogP contribution in [0.25, 0.3) is 0 Å². The molecule has 0 unspecified atom stereocenters. The number of benzene rings is 1. The minimum atomic E-state index is -0.378. The van der Waals surface area contributed by atoms with Crippen LogP contribution in [0.5, 0.6) is 0 Å². The van der Waals surface area contributed by atoms with Crippen molar-refractivity contribution in [2.75, 3.05) is 22.6 Å². The second-order valence-corrected chi connectivity index (χ2v) is 5.78. The van der Waals surface area contributed by atoms with Crippen LogP contribution < -0.4 is 21.5 Å². The van der Waals surface area contributed by atoms with Gasteiger partial charge in [0.2, 0.25) is 0 Å². The Labute approximate surface area is 150 Å². The van der Waals surface area contributed by atoms with Gasteiger partial charge in [-0.15, -0.1) is 0 Å². The highest BCUT2D eigenvalue weighted by molar-refractivity contribution is 5.93. The van der Waals surface area contributed by atoms with Crippen LogP contribution in [-0.2, 0) is 6.42 Å². The predicted molar refractivity (Wildman–Crippen MR) is 98.9 cm³/mol. The lowest BCUT2D eigenvalue weighted by atomic mass is 10.2. The zero-order valence-corrected chi connectivity index (χ0v) is 13.9. The van der Waals surface area contributed by atoms with Crippen molar-refractivity contribution in [3.05, 3.63) is 66.2 Å². The molecule has 1 aromatic carbocycles. The number of rotatable bonds is 4. The van der Waals surface area contributed by atoms with Crippen LogP contribution in [0.3, 0.4) is 0 Å². The molecule has 26 heavy (non-hydrogen) atoms. The van der Waals surface area contributed by atoms with Gasteiger partial charge < -0.3 is 10.6 Å². The molecule has 0 spiro atoms. The third-order valence-electron chi connectivity index (χ3n) is 4.20. The van der Waals surface area contributed by atoms with Crippen molar-refractivity contribution in [2.24, 2.45) is 0 Å². The molecule has 0 atom stereocenters. The van der Waals surface area contributed by atoms with E-state index >= 15 is 0 Å². The number of hydrogen-bond acceptors (Lipinski definition) is 7. The Morgan fingerprint density at radius 2 is 1.92 bits per heavy atom. The van der Waals surface area contributed by atoms with Gasteiger partial charge in [-0.1, -0.05) is 24.3 Å². The van der Waals surface area contributed by atoms with Crippen molar-refractivity contribution in [1.82, 2.24) is 20.4 Å².